The van der Waals surface area contributed by atoms with Crippen molar-refractivity contribution < 1.29 is 19.8 Å². The lowest BCUT2D eigenvalue weighted by Crippen LogP contribution is -2.12. The van der Waals surface area contributed by atoms with Crippen molar-refractivity contribution in [2.24, 2.45) is 0 Å². The molecule has 5 heteroatoms. The number of nitrogens with one attached hydrogen (secondary N) is 1. The predicted molar refractivity (Wildman–Crippen MR) is 94.9 cm³/mol. The summed E-state index contributed by atoms with van der Waals surface area (Å²) in [4.78, 5) is 23.3. The lowest BCUT2D eigenvalue weighted by molar-refractivity contribution is 0.0696. The third-order valence-corrected chi connectivity index (χ3v) is 3.75. The molecule has 0 unspecified atom stereocenters. The summed E-state index contributed by atoms with van der Waals surface area (Å²) in [5.41, 5.74) is 2.46. The van der Waals surface area contributed by atoms with Crippen LogP contribution in [-0.4, -0.2) is 22.1 Å². The Kier molecular flexibility index (Phi) is 4.48. The number of aromatic carboxylic acids is 1. The van der Waals surface area contributed by atoms with Gasteiger partial charge in [0, 0.05) is 5.56 Å². The van der Waals surface area contributed by atoms with E-state index in [2.05, 4.69) is 5.32 Å². The number of amides is 1. The van der Waals surface area contributed by atoms with E-state index in [0.717, 1.165) is 11.1 Å². The summed E-state index contributed by atoms with van der Waals surface area (Å²) in [5, 5.41) is 21.3. The molecular weight excluding hydrogens is 318 g/mol. The fraction of sp³-hybridized carbons (Fsp3) is 0. The summed E-state index contributed by atoms with van der Waals surface area (Å²) in [6.45, 7) is 0. The predicted octanol–water partition coefficient (Wildman–Crippen LogP) is 4.01. The molecule has 0 atom stereocenters. The largest absolute Gasteiger partial charge is 0.506 e. The minimum absolute atomic E-state index is 0.0208. The van der Waals surface area contributed by atoms with E-state index in [9.17, 15) is 14.7 Å². The zero-order valence-electron chi connectivity index (χ0n) is 13.1. The molecule has 3 N–H and O–H groups in total. The highest BCUT2D eigenvalue weighted by molar-refractivity contribution is 6.05. The number of carboxylic acid groups (broad SMARTS) is 1. The van der Waals surface area contributed by atoms with E-state index in [1.165, 1.54) is 18.2 Å². The van der Waals surface area contributed by atoms with Gasteiger partial charge in [-0.3, -0.25) is 4.79 Å². The standard InChI is InChI=1S/C20H15NO4/c22-18-11-10-16(20(24)25)12-17(18)21-19(23)15-8-6-14(7-9-15)13-4-2-1-3-5-13/h1-12,22H,(H,21,23)(H,24,25). The van der Waals surface area contributed by atoms with Crippen LogP contribution in [-0.2, 0) is 0 Å². The topological polar surface area (TPSA) is 86.6 Å². The Morgan fingerprint density at radius 3 is 2.00 bits per heavy atom. The van der Waals surface area contributed by atoms with Crippen LogP contribution in [0.1, 0.15) is 20.7 Å². The van der Waals surface area contributed by atoms with Gasteiger partial charge < -0.3 is 15.5 Å². The van der Waals surface area contributed by atoms with Crippen molar-refractivity contribution in [2.45, 2.75) is 0 Å². The number of hydrogen-bond donors (Lipinski definition) is 3. The smallest absolute Gasteiger partial charge is 0.335 e. The fourth-order valence-electron chi connectivity index (χ4n) is 2.41. The molecule has 0 saturated heterocycles. The minimum Gasteiger partial charge on any atom is -0.506 e. The van der Waals surface area contributed by atoms with E-state index in [0.29, 0.717) is 5.56 Å². The molecule has 1 amide bonds. The molecule has 0 saturated carbocycles. The Balaban J connectivity index is 1.80. The monoisotopic (exact) mass is 333 g/mol. The van der Waals surface area contributed by atoms with E-state index < -0.39 is 11.9 Å². The zero-order valence-corrected chi connectivity index (χ0v) is 13.1. The average Bonchev–Trinajstić information content (AvgIpc) is 2.64. The first-order chi connectivity index (χ1) is 12.0. The van der Waals surface area contributed by atoms with Gasteiger partial charge in [-0.2, -0.15) is 0 Å². The number of aromatic hydroxyl groups is 1. The lowest BCUT2D eigenvalue weighted by Gasteiger charge is -2.09. The maximum absolute atomic E-state index is 12.3. The summed E-state index contributed by atoms with van der Waals surface area (Å²) in [5.74, 6) is -1.76. The van der Waals surface area contributed by atoms with E-state index in [4.69, 9.17) is 5.11 Å². The van der Waals surface area contributed by atoms with Gasteiger partial charge in [-0.05, 0) is 41.5 Å². The summed E-state index contributed by atoms with van der Waals surface area (Å²) < 4.78 is 0. The molecule has 25 heavy (non-hydrogen) atoms. The molecule has 3 aromatic rings. The number of rotatable bonds is 4. The van der Waals surface area contributed by atoms with Crippen LogP contribution in [0.5, 0.6) is 5.75 Å². The first kappa shape index (κ1) is 16.3. The first-order valence-corrected chi connectivity index (χ1v) is 7.58. The van der Waals surface area contributed by atoms with E-state index in [1.807, 2.05) is 42.5 Å². The molecule has 0 radical (unpaired) electrons. The molecule has 0 fully saturated rings. The van der Waals surface area contributed by atoms with Gasteiger partial charge in [0.25, 0.3) is 5.91 Å². The molecular formula is C20H15NO4. The molecule has 0 aliphatic carbocycles. The van der Waals surface area contributed by atoms with Crippen LogP contribution >= 0.6 is 0 Å². The van der Waals surface area contributed by atoms with Crippen LogP contribution in [0.2, 0.25) is 0 Å². The molecule has 3 aromatic carbocycles. The number of phenols is 1. The van der Waals surface area contributed by atoms with Crippen molar-refractivity contribution in [2.75, 3.05) is 5.32 Å². The van der Waals surface area contributed by atoms with Gasteiger partial charge in [-0.1, -0.05) is 42.5 Å². The highest BCUT2D eigenvalue weighted by Crippen LogP contribution is 2.25. The van der Waals surface area contributed by atoms with E-state index in [-0.39, 0.29) is 17.0 Å². The Labute approximate surface area is 144 Å². The molecule has 124 valence electrons. The van der Waals surface area contributed by atoms with Gasteiger partial charge in [0.15, 0.2) is 0 Å². The zero-order chi connectivity index (χ0) is 17.8. The van der Waals surface area contributed by atoms with Crippen molar-refractivity contribution in [1.29, 1.82) is 0 Å². The van der Waals surface area contributed by atoms with Gasteiger partial charge in [-0.15, -0.1) is 0 Å². The molecule has 0 bridgehead atoms. The molecule has 3 rings (SSSR count). The van der Waals surface area contributed by atoms with Crippen LogP contribution in [0.3, 0.4) is 0 Å². The van der Waals surface area contributed by atoms with E-state index >= 15 is 0 Å². The summed E-state index contributed by atoms with van der Waals surface area (Å²) >= 11 is 0. The number of benzene rings is 3. The third-order valence-electron chi connectivity index (χ3n) is 3.75. The molecule has 0 aliphatic rings. The average molecular weight is 333 g/mol. The van der Waals surface area contributed by atoms with Crippen LogP contribution in [0.25, 0.3) is 11.1 Å². The number of phenolic OH excluding ortho intramolecular Hbond substituents is 1. The Bertz CT molecular complexity index is 918. The number of carbonyl (C=O) groups is 2. The SMILES string of the molecule is O=C(O)c1ccc(O)c(NC(=O)c2ccc(-c3ccccc3)cc2)c1. The van der Waals surface area contributed by atoms with Crippen molar-refractivity contribution in [3.8, 4) is 16.9 Å². The number of carbonyl (C=O) groups excluding carboxylic acids is 1. The van der Waals surface area contributed by atoms with Gasteiger partial charge in [-0.25, -0.2) is 4.79 Å². The molecule has 0 heterocycles. The quantitative estimate of drug-likeness (QED) is 0.630. The van der Waals surface area contributed by atoms with Crippen molar-refractivity contribution in [1.82, 2.24) is 0 Å². The van der Waals surface area contributed by atoms with Gasteiger partial charge in [0.1, 0.15) is 5.75 Å². The second-order valence-electron chi connectivity index (χ2n) is 5.43. The molecule has 0 aliphatic heterocycles. The Morgan fingerprint density at radius 2 is 1.36 bits per heavy atom. The van der Waals surface area contributed by atoms with Crippen LogP contribution < -0.4 is 5.32 Å². The number of anilines is 1. The Morgan fingerprint density at radius 1 is 0.760 bits per heavy atom. The molecule has 5 nitrogen and oxygen atoms in total. The first-order valence-electron chi connectivity index (χ1n) is 7.58. The highest BCUT2D eigenvalue weighted by Gasteiger charge is 2.12. The summed E-state index contributed by atoms with van der Waals surface area (Å²) in [7, 11) is 0. The minimum atomic E-state index is -1.14. The van der Waals surface area contributed by atoms with Crippen LogP contribution in [0, 0.1) is 0 Å². The second kappa shape index (κ2) is 6.88. The van der Waals surface area contributed by atoms with E-state index in [1.54, 1.807) is 12.1 Å². The highest BCUT2D eigenvalue weighted by atomic mass is 16.4. The normalized spacial score (nSPS) is 10.2. The van der Waals surface area contributed by atoms with Crippen molar-refractivity contribution in [3.05, 3.63) is 83.9 Å². The number of hydrogen-bond acceptors (Lipinski definition) is 3. The van der Waals surface area contributed by atoms with Gasteiger partial charge >= 0.3 is 5.97 Å². The maximum atomic E-state index is 12.3. The lowest BCUT2D eigenvalue weighted by atomic mass is 10.0. The van der Waals surface area contributed by atoms with Gasteiger partial charge in [0.05, 0.1) is 11.3 Å². The summed E-state index contributed by atoms with van der Waals surface area (Å²) in [6, 6.07) is 20.5. The third kappa shape index (κ3) is 3.67. The van der Waals surface area contributed by atoms with Crippen LogP contribution in [0.4, 0.5) is 5.69 Å². The van der Waals surface area contributed by atoms with Gasteiger partial charge in [0.2, 0.25) is 0 Å². The van der Waals surface area contributed by atoms with Crippen LogP contribution in [0.15, 0.2) is 72.8 Å². The maximum Gasteiger partial charge on any atom is 0.335 e. The van der Waals surface area contributed by atoms with Crippen molar-refractivity contribution in [3.63, 3.8) is 0 Å². The van der Waals surface area contributed by atoms with Crippen molar-refractivity contribution >= 4 is 17.6 Å². The summed E-state index contributed by atoms with van der Waals surface area (Å²) in [6.07, 6.45) is 0. The Hall–Kier alpha value is -3.60. The fourth-order valence-corrected chi connectivity index (χ4v) is 2.41. The molecule has 0 aromatic heterocycles. The second-order valence-corrected chi connectivity index (χ2v) is 5.43. The number of carboxylic acids is 1. The molecule has 0 spiro atoms.